The fourth-order valence-corrected chi connectivity index (χ4v) is 1.64. The Morgan fingerprint density at radius 2 is 2.28 bits per heavy atom. The molecule has 0 saturated carbocycles. The zero-order chi connectivity index (χ0) is 13.5. The summed E-state index contributed by atoms with van der Waals surface area (Å²) in [5, 5.41) is 3.00. The maximum absolute atomic E-state index is 12.4. The van der Waals surface area contributed by atoms with E-state index in [2.05, 4.69) is 11.9 Å². The third-order valence-corrected chi connectivity index (χ3v) is 2.48. The summed E-state index contributed by atoms with van der Waals surface area (Å²) in [6, 6.07) is 5.28. The minimum Gasteiger partial charge on any atom is -0.494 e. The number of rotatable bonds is 6. The van der Waals surface area contributed by atoms with Crippen molar-refractivity contribution in [2.45, 2.75) is 13.3 Å². The van der Waals surface area contributed by atoms with Crippen LogP contribution in [0.25, 0.3) is 0 Å². The van der Waals surface area contributed by atoms with Crippen LogP contribution >= 0.6 is 11.6 Å². The van der Waals surface area contributed by atoms with Gasteiger partial charge in [0.2, 0.25) is 0 Å². The van der Waals surface area contributed by atoms with Crippen molar-refractivity contribution < 1.29 is 13.9 Å². The molecule has 5 heteroatoms. The van der Waals surface area contributed by atoms with Gasteiger partial charge in [-0.25, -0.2) is 4.39 Å². The quantitative estimate of drug-likeness (QED) is 0.808. The second kappa shape index (κ2) is 7.01. The van der Waals surface area contributed by atoms with Crippen LogP contribution < -0.4 is 10.1 Å². The first-order chi connectivity index (χ1) is 8.54. The lowest BCUT2D eigenvalue weighted by atomic mass is 10.1. The van der Waals surface area contributed by atoms with Gasteiger partial charge in [-0.2, -0.15) is 0 Å². The minimum atomic E-state index is -0.994. The number of nitrogens with one attached hydrogen (secondary N) is 1. The molecule has 1 aromatic carbocycles. The predicted molar refractivity (Wildman–Crippen MR) is 69.6 cm³/mol. The van der Waals surface area contributed by atoms with Crippen molar-refractivity contribution in [3.05, 3.63) is 41.2 Å². The van der Waals surface area contributed by atoms with Crippen LogP contribution in [0.5, 0.6) is 5.75 Å². The minimum absolute atomic E-state index is 0.294. The van der Waals surface area contributed by atoms with Gasteiger partial charge < -0.3 is 10.1 Å². The number of ether oxygens (including phenoxy) is 1. The van der Waals surface area contributed by atoms with Crippen molar-refractivity contribution in [1.29, 1.82) is 0 Å². The van der Waals surface area contributed by atoms with Gasteiger partial charge in [0.1, 0.15) is 5.75 Å². The molecule has 0 spiro atoms. The van der Waals surface area contributed by atoms with E-state index in [4.69, 9.17) is 16.3 Å². The van der Waals surface area contributed by atoms with E-state index in [-0.39, 0.29) is 0 Å². The van der Waals surface area contributed by atoms with Crippen molar-refractivity contribution in [2.24, 2.45) is 0 Å². The van der Waals surface area contributed by atoms with Crippen LogP contribution in [0.1, 0.15) is 12.5 Å². The molecule has 18 heavy (non-hydrogen) atoms. The number of halogens is 2. The van der Waals surface area contributed by atoms with Gasteiger partial charge in [-0.1, -0.05) is 18.2 Å². The zero-order valence-electron chi connectivity index (χ0n) is 10.1. The number of amides is 1. The van der Waals surface area contributed by atoms with Crippen LogP contribution in [0.3, 0.4) is 0 Å². The number of hydrogen-bond donors (Lipinski definition) is 1. The maximum Gasteiger partial charge on any atom is 0.279 e. The lowest BCUT2D eigenvalue weighted by Crippen LogP contribution is -2.25. The molecular weight excluding hydrogens is 257 g/mol. The monoisotopic (exact) mass is 271 g/mol. The summed E-state index contributed by atoms with van der Waals surface area (Å²) in [6.07, 6.45) is 0.509. The van der Waals surface area contributed by atoms with Crippen molar-refractivity contribution in [3.63, 3.8) is 0 Å². The van der Waals surface area contributed by atoms with E-state index in [1.807, 2.05) is 6.92 Å². The summed E-state index contributed by atoms with van der Waals surface area (Å²) in [6.45, 7) is 5.64. The highest BCUT2D eigenvalue weighted by molar-refractivity contribution is 6.30. The lowest BCUT2D eigenvalue weighted by molar-refractivity contribution is -0.118. The Morgan fingerprint density at radius 1 is 1.56 bits per heavy atom. The van der Waals surface area contributed by atoms with E-state index in [1.165, 1.54) is 0 Å². The van der Waals surface area contributed by atoms with Crippen LogP contribution in [0.2, 0.25) is 5.02 Å². The molecule has 0 aliphatic carbocycles. The van der Waals surface area contributed by atoms with Crippen LogP contribution in [-0.2, 0) is 11.2 Å². The van der Waals surface area contributed by atoms with Gasteiger partial charge in [0.15, 0.2) is 5.83 Å². The van der Waals surface area contributed by atoms with Gasteiger partial charge in [0.25, 0.3) is 5.91 Å². The summed E-state index contributed by atoms with van der Waals surface area (Å²) in [5.74, 6) is -1.07. The van der Waals surface area contributed by atoms with Crippen LogP contribution in [-0.4, -0.2) is 19.1 Å². The Kier molecular flexibility index (Phi) is 5.65. The predicted octanol–water partition coefficient (Wildman–Crippen LogP) is 2.88. The first-order valence-electron chi connectivity index (χ1n) is 5.58. The molecule has 0 aromatic heterocycles. The number of hydrogen-bond acceptors (Lipinski definition) is 2. The molecule has 0 saturated heterocycles. The van der Waals surface area contributed by atoms with E-state index in [0.717, 1.165) is 11.3 Å². The number of benzene rings is 1. The lowest BCUT2D eigenvalue weighted by Gasteiger charge is -2.11. The summed E-state index contributed by atoms with van der Waals surface area (Å²) in [7, 11) is 0. The van der Waals surface area contributed by atoms with Gasteiger partial charge >= 0.3 is 0 Å². The smallest absolute Gasteiger partial charge is 0.279 e. The summed E-state index contributed by atoms with van der Waals surface area (Å²) >= 11 is 5.89. The first-order valence-corrected chi connectivity index (χ1v) is 5.96. The van der Waals surface area contributed by atoms with Crippen LogP contribution in [0, 0.1) is 0 Å². The fourth-order valence-electron chi connectivity index (χ4n) is 1.45. The topological polar surface area (TPSA) is 38.3 Å². The van der Waals surface area contributed by atoms with Crippen molar-refractivity contribution in [2.75, 3.05) is 13.2 Å². The van der Waals surface area contributed by atoms with Gasteiger partial charge in [-0.3, -0.25) is 4.79 Å². The molecule has 0 bridgehead atoms. The van der Waals surface area contributed by atoms with E-state index in [9.17, 15) is 9.18 Å². The Hall–Kier alpha value is -1.55. The summed E-state index contributed by atoms with van der Waals surface area (Å²) in [4.78, 5) is 11.0. The van der Waals surface area contributed by atoms with Crippen LogP contribution in [0.4, 0.5) is 4.39 Å². The molecule has 98 valence electrons. The van der Waals surface area contributed by atoms with E-state index in [1.54, 1.807) is 18.2 Å². The standard InChI is InChI=1S/C13H15ClFNO2/c1-3-18-12-5-4-11(14)8-10(12)6-7-16-13(17)9(2)15/h4-5,8H,2-3,6-7H2,1H3,(H,16,17). The molecule has 1 amide bonds. The van der Waals surface area contributed by atoms with Crippen molar-refractivity contribution in [1.82, 2.24) is 5.32 Å². The third kappa shape index (κ3) is 4.37. The molecule has 0 aliphatic heterocycles. The molecule has 1 rings (SSSR count). The molecule has 3 nitrogen and oxygen atoms in total. The Balaban J connectivity index is 2.62. The highest BCUT2D eigenvalue weighted by atomic mass is 35.5. The molecule has 0 aliphatic rings. The average Bonchev–Trinajstić information content (AvgIpc) is 2.32. The third-order valence-electron chi connectivity index (χ3n) is 2.25. The van der Waals surface area contributed by atoms with Gasteiger partial charge in [-0.15, -0.1) is 0 Å². The zero-order valence-corrected chi connectivity index (χ0v) is 10.9. The molecular formula is C13H15ClFNO2. The molecule has 1 aromatic rings. The Bertz CT molecular complexity index is 449. The van der Waals surface area contributed by atoms with Crippen LogP contribution in [0.15, 0.2) is 30.6 Å². The highest BCUT2D eigenvalue weighted by Gasteiger charge is 2.07. The second-order valence-electron chi connectivity index (χ2n) is 3.60. The molecule has 0 fully saturated rings. The van der Waals surface area contributed by atoms with Crippen molar-refractivity contribution >= 4 is 17.5 Å². The molecule has 1 N–H and O–H groups in total. The van der Waals surface area contributed by atoms with E-state index >= 15 is 0 Å². The molecule has 0 atom stereocenters. The van der Waals surface area contributed by atoms with Gasteiger partial charge in [0.05, 0.1) is 6.61 Å². The Morgan fingerprint density at radius 3 is 2.89 bits per heavy atom. The maximum atomic E-state index is 12.4. The SMILES string of the molecule is C=C(F)C(=O)NCCc1cc(Cl)ccc1OCC. The van der Waals surface area contributed by atoms with Crippen molar-refractivity contribution in [3.8, 4) is 5.75 Å². The highest BCUT2D eigenvalue weighted by Crippen LogP contribution is 2.23. The second-order valence-corrected chi connectivity index (χ2v) is 4.03. The average molecular weight is 272 g/mol. The normalized spacial score (nSPS) is 9.94. The molecule has 0 unspecified atom stereocenters. The largest absolute Gasteiger partial charge is 0.494 e. The first kappa shape index (κ1) is 14.5. The van der Waals surface area contributed by atoms with Gasteiger partial charge in [-0.05, 0) is 37.1 Å². The molecule has 0 radical (unpaired) electrons. The van der Waals surface area contributed by atoms with E-state index < -0.39 is 11.7 Å². The molecule has 0 heterocycles. The van der Waals surface area contributed by atoms with E-state index in [0.29, 0.717) is 24.6 Å². The summed E-state index contributed by atoms with van der Waals surface area (Å²) < 4.78 is 17.9. The fraction of sp³-hybridized carbons (Fsp3) is 0.308. The number of carbonyl (C=O) groups excluding carboxylic acids is 1. The van der Waals surface area contributed by atoms with Gasteiger partial charge in [0, 0.05) is 11.6 Å². The number of carbonyl (C=O) groups is 1. The summed E-state index contributed by atoms with van der Waals surface area (Å²) in [5.41, 5.74) is 0.870. The Labute approximate surface area is 111 Å².